The first-order valence-corrected chi connectivity index (χ1v) is 7.46. The number of nitrogens with zero attached hydrogens (tertiary/aromatic N) is 1. The van der Waals surface area contributed by atoms with E-state index < -0.39 is 0 Å². The number of piperidine rings is 1. The van der Waals surface area contributed by atoms with Crippen LogP contribution in [0.5, 0.6) is 0 Å². The van der Waals surface area contributed by atoms with Crippen LogP contribution in [-0.4, -0.2) is 37.0 Å². The van der Waals surface area contributed by atoms with Gasteiger partial charge in [0.05, 0.1) is 6.54 Å². The molecule has 0 aliphatic carbocycles. The number of benzene rings is 1. The van der Waals surface area contributed by atoms with Crippen LogP contribution in [0.4, 0.5) is 5.69 Å². The summed E-state index contributed by atoms with van der Waals surface area (Å²) in [5, 5.41) is 2.97. The highest BCUT2D eigenvalue weighted by atomic mass is 16.2. The van der Waals surface area contributed by atoms with Crippen molar-refractivity contribution >= 4 is 11.6 Å². The molecule has 2 rings (SSSR count). The van der Waals surface area contributed by atoms with Gasteiger partial charge in [-0.1, -0.05) is 12.1 Å². The molecule has 1 aliphatic heterocycles. The molecule has 1 aromatic carbocycles. The van der Waals surface area contributed by atoms with Gasteiger partial charge in [0.1, 0.15) is 0 Å². The maximum atomic E-state index is 12.0. The van der Waals surface area contributed by atoms with Gasteiger partial charge in [0.15, 0.2) is 0 Å². The van der Waals surface area contributed by atoms with Crippen LogP contribution in [0.1, 0.15) is 24.8 Å². The van der Waals surface area contributed by atoms with E-state index in [-0.39, 0.29) is 5.91 Å². The molecule has 0 saturated carbocycles. The van der Waals surface area contributed by atoms with E-state index in [0.29, 0.717) is 6.54 Å². The van der Waals surface area contributed by atoms with Crippen LogP contribution in [0.2, 0.25) is 0 Å². The lowest BCUT2D eigenvalue weighted by Crippen LogP contribution is -2.39. The predicted octanol–water partition coefficient (Wildman–Crippen LogP) is 1.99. The van der Waals surface area contributed by atoms with E-state index in [1.54, 1.807) is 0 Å². The molecule has 1 aliphatic rings. The first-order chi connectivity index (χ1) is 9.67. The molecule has 1 heterocycles. The highest BCUT2D eigenvalue weighted by Gasteiger charge is 2.20. The van der Waals surface area contributed by atoms with Gasteiger partial charge in [0.25, 0.3) is 0 Å². The minimum absolute atomic E-state index is 0.0767. The molecule has 0 bridgehead atoms. The lowest BCUT2D eigenvalue weighted by atomic mass is 9.94. The maximum absolute atomic E-state index is 12.0. The Kier molecular flexibility index (Phi) is 5.56. The van der Waals surface area contributed by atoms with Gasteiger partial charge in [-0.2, -0.15) is 0 Å². The summed E-state index contributed by atoms with van der Waals surface area (Å²) in [4.78, 5) is 14.3. The fourth-order valence-electron chi connectivity index (χ4n) is 2.80. The molecule has 0 spiro atoms. The molecule has 0 atom stereocenters. The molecule has 110 valence electrons. The monoisotopic (exact) mass is 275 g/mol. The smallest absolute Gasteiger partial charge is 0.238 e. The Morgan fingerprint density at radius 3 is 2.80 bits per heavy atom. The normalized spacial score (nSPS) is 17.1. The van der Waals surface area contributed by atoms with E-state index in [1.807, 2.05) is 31.2 Å². The number of rotatable bonds is 5. The Morgan fingerprint density at radius 1 is 1.40 bits per heavy atom. The third-order valence-electron chi connectivity index (χ3n) is 3.95. The molecule has 0 aromatic heterocycles. The van der Waals surface area contributed by atoms with Crippen LogP contribution in [0.25, 0.3) is 0 Å². The van der Waals surface area contributed by atoms with E-state index in [4.69, 9.17) is 5.73 Å². The van der Waals surface area contributed by atoms with Crippen molar-refractivity contribution in [3.63, 3.8) is 0 Å². The molecule has 4 heteroatoms. The first kappa shape index (κ1) is 15.0. The lowest BCUT2D eigenvalue weighted by Gasteiger charge is -2.31. The van der Waals surface area contributed by atoms with Gasteiger partial charge in [-0.15, -0.1) is 0 Å². The molecule has 0 unspecified atom stereocenters. The molecule has 1 saturated heterocycles. The maximum Gasteiger partial charge on any atom is 0.238 e. The third-order valence-corrected chi connectivity index (χ3v) is 3.95. The topological polar surface area (TPSA) is 58.4 Å². The van der Waals surface area contributed by atoms with Crippen molar-refractivity contribution in [1.29, 1.82) is 0 Å². The lowest BCUT2D eigenvalue weighted by molar-refractivity contribution is -0.117. The Morgan fingerprint density at radius 2 is 2.15 bits per heavy atom. The number of anilines is 1. The van der Waals surface area contributed by atoms with E-state index in [1.165, 1.54) is 0 Å². The van der Waals surface area contributed by atoms with Gasteiger partial charge in [0, 0.05) is 5.69 Å². The van der Waals surface area contributed by atoms with Crippen molar-refractivity contribution in [2.75, 3.05) is 31.5 Å². The summed E-state index contributed by atoms with van der Waals surface area (Å²) < 4.78 is 0. The fraction of sp³-hybridized carbons (Fsp3) is 0.562. The minimum atomic E-state index is 0.0767. The van der Waals surface area contributed by atoms with Gasteiger partial charge in [0.2, 0.25) is 5.91 Å². The number of nitrogens with two attached hydrogens (primary N) is 1. The largest absolute Gasteiger partial charge is 0.330 e. The van der Waals surface area contributed by atoms with Gasteiger partial charge >= 0.3 is 0 Å². The average molecular weight is 275 g/mol. The number of aryl methyl sites for hydroxylation is 1. The molecule has 20 heavy (non-hydrogen) atoms. The molecule has 0 radical (unpaired) electrons. The summed E-state index contributed by atoms with van der Waals surface area (Å²) in [5.74, 6) is 0.823. The summed E-state index contributed by atoms with van der Waals surface area (Å²) in [6.07, 6.45) is 3.44. The van der Waals surface area contributed by atoms with Crippen molar-refractivity contribution in [2.45, 2.75) is 26.2 Å². The number of likely N-dealkylation sites (tertiary alicyclic amines) is 1. The summed E-state index contributed by atoms with van der Waals surface area (Å²) in [6.45, 7) is 5.30. The Hall–Kier alpha value is -1.39. The molecular weight excluding hydrogens is 250 g/mol. The van der Waals surface area contributed by atoms with Crippen molar-refractivity contribution < 1.29 is 4.79 Å². The molecule has 1 amide bonds. The van der Waals surface area contributed by atoms with Crippen molar-refractivity contribution in [1.82, 2.24) is 4.90 Å². The molecule has 1 fully saturated rings. The quantitative estimate of drug-likeness (QED) is 0.864. The summed E-state index contributed by atoms with van der Waals surface area (Å²) in [7, 11) is 0. The number of hydrogen-bond acceptors (Lipinski definition) is 3. The van der Waals surface area contributed by atoms with Crippen LogP contribution in [0.3, 0.4) is 0 Å². The highest BCUT2D eigenvalue weighted by molar-refractivity contribution is 5.92. The standard InChI is InChI=1S/C16H25N3O/c1-13-3-2-4-15(11-13)18-16(20)12-19-9-6-14(5-8-17)7-10-19/h2-4,11,14H,5-10,12,17H2,1H3,(H,18,20). The third kappa shape index (κ3) is 4.62. The number of carbonyl (C=O) groups excluding carboxylic acids is 1. The second-order valence-corrected chi connectivity index (χ2v) is 5.71. The predicted molar refractivity (Wildman–Crippen MR) is 82.6 cm³/mol. The first-order valence-electron chi connectivity index (χ1n) is 7.46. The van der Waals surface area contributed by atoms with E-state index >= 15 is 0 Å². The van der Waals surface area contributed by atoms with Gasteiger partial charge in [-0.3, -0.25) is 9.69 Å². The van der Waals surface area contributed by atoms with Gasteiger partial charge in [-0.05, 0) is 69.4 Å². The van der Waals surface area contributed by atoms with Gasteiger partial charge < -0.3 is 11.1 Å². The second-order valence-electron chi connectivity index (χ2n) is 5.71. The second kappa shape index (κ2) is 7.41. The van der Waals surface area contributed by atoms with Crippen LogP contribution in [0, 0.1) is 12.8 Å². The van der Waals surface area contributed by atoms with Crippen LogP contribution in [0.15, 0.2) is 24.3 Å². The van der Waals surface area contributed by atoms with Crippen LogP contribution < -0.4 is 11.1 Å². The van der Waals surface area contributed by atoms with Crippen molar-refractivity contribution in [3.8, 4) is 0 Å². The summed E-state index contributed by atoms with van der Waals surface area (Å²) >= 11 is 0. The molecule has 1 aromatic rings. The van der Waals surface area contributed by atoms with Crippen LogP contribution >= 0.6 is 0 Å². The van der Waals surface area contributed by atoms with Crippen LogP contribution in [-0.2, 0) is 4.79 Å². The Bertz CT molecular complexity index is 439. The molecule has 3 N–H and O–H groups in total. The van der Waals surface area contributed by atoms with E-state index in [9.17, 15) is 4.79 Å². The highest BCUT2D eigenvalue weighted by Crippen LogP contribution is 2.19. The van der Waals surface area contributed by atoms with E-state index in [2.05, 4.69) is 10.2 Å². The fourth-order valence-corrected chi connectivity index (χ4v) is 2.80. The SMILES string of the molecule is Cc1cccc(NC(=O)CN2CCC(CCN)CC2)c1. The molecular formula is C16H25N3O. The zero-order chi connectivity index (χ0) is 14.4. The number of amides is 1. The van der Waals surface area contributed by atoms with Crippen molar-refractivity contribution in [2.24, 2.45) is 11.7 Å². The summed E-state index contributed by atoms with van der Waals surface area (Å²) in [6, 6.07) is 7.91. The average Bonchev–Trinajstić information content (AvgIpc) is 2.41. The zero-order valence-corrected chi connectivity index (χ0v) is 12.3. The number of carbonyl (C=O) groups is 1. The van der Waals surface area contributed by atoms with Crippen molar-refractivity contribution in [3.05, 3.63) is 29.8 Å². The molecule has 4 nitrogen and oxygen atoms in total. The van der Waals surface area contributed by atoms with Gasteiger partial charge in [-0.25, -0.2) is 0 Å². The Labute approximate surface area is 121 Å². The number of hydrogen-bond donors (Lipinski definition) is 2. The minimum Gasteiger partial charge on any atom is -0.330 e. The zero-order valence-electron chi connectivity index (χ0n) is 12.3. The number of nitrogens with one attached hydrogen (secondary N) is 1. The Balaban J connectivity index is 1.75. The summed E-state index contributed by atoms with van der Waals surface area (Å²) in [5.41, 5.74) is 7.64. The van der Waals surface area contributed by atoms with E-state index in [0.717, 1.165) is 56.1 Å².